The van der Waals surface area contributed by atoms with Crippen LogP contribution < -0.4 is 17.2 Å². The second-order valence-corrected chi connectivity index (χ2v) is 12.7. The minimum absolute atomic E-state index is 0.125. The van der Waals surface area contributed by atoms with E-state index in [0.29, 0.717) is 31.1 Å². The van der Waals surface area contributed by atoms with Gasteiger partial charge in [0, 0.05) is 0 Å². The van der Waals surface area contributed by atoms with Crippen molar-refractivity contribution in [3.63, 3.8) is 0 Å². The molecule has 0 spiro atoms. The lowest BCUT2D eigenvalue weighted by Gasteiger charge is -2.36. The molecule has 0 heterocycles. The first-order valence-electron chi connectivity index (χ1n) is 15.6. The number of nitrogens with two attached hydrogens (primary N) is 3. The van der Waals surface area contributed by atoms with Crippen molar-refractivity contribution in [2.75, 3.05) is 0 Å². The summed E-state index contributed by atoms with van der Waals surface area (Å²) >= 11 is 0. The Labute approximate surface area is 248 Å². The predicted octanol–water partition coefficient (Wildman–Crippen LogP) is 6.30. The molecule has 3 rings (SSSR count). The Morgan fingerprint density at radius 3 is 1.37 bits per heavy atom. The van der Waals surface area contributed by atoms with Gasteiger partial charge in [0.1, 0.15) is 0 Å². The van der Waals surface area contributed by atoms with E-state index in [0.717, 1.165) is 25.7 Å². The second kappa shape index (κ2) is 14.0. The van der Waals surface area contributed by atoms with Crippen molar-refractivity contribution in [3.05, 3.63) is 68.8 Å². The Morgan fingerprint density at radius 2 is 1.07 bits per heavy atom. The number of primary amides is 1. The Morgan fingerprint density at radius 1 is 0.707 bits per heavy atom. The Bertz CT molecular complexity index is 1120. The molecule has 1 fully saturated rings. The van der Waals surface area contributed by atoms with Gasteiger partial charge in [-0.15, -0.1) is 0 Å². The van der Waals surface area contributed by atoms with Crippen LogP contribution in [0.15, 0.2) is 24.3 Å². The van der Waals surface area contributed by atoms with Crippen LogP contribution in [0.2, 0.25) is 0 Å². The fraction of sp³-hybridized carbons (Fsp3) is 0.600. The van der Waals surface area contributed by atoms with Crippen LogP contribution in [0.5, 0.6) is 0 Å². The summed E-state index contributed by atoms with van der Waals surface area (Å²) in [7, 11) is 0. The van der Waals surface area contributed by atoms with E-state index in [1.807, 2.05) is 0 Å². The molecule has 6 atom stereocenters. The van der Waals surface area contributed by atoms with Gasteiger partial charge in [-0.2, -0.15) is 0 Å². The van der Waals surface area contributed by atoms with E-state index in [1.54, 1.807) is 4.90 Å². The van der Waals surface area contributed by atoms with Crippen LogP contribution in [-0.4, -0.2) is 29.0 Å². The van der Waals surface area contributed by atoms with Crippen LogP contribution in [0.25, 0.3) is 0 Å². The highest BCUT2D eigenvalue weighted by Gasteiger charge is 2.50. The maximum atomic E-state index is 13.7. The number of hydrogen-bond acceptors (Lipinski definition) is 4. The summed E-state index contributed by atoms with van der Waals surface area (Å²) in [6.07, 6.45) is 4.46. The fourth-order valence-corrected chi connectivity index (χ4v) is 7.34. The summed E-state index contributed by atoms with van der Waals surface area (Å²) < 4.78 is 0. The summed E-state index contributed by atoms with van der Waals surface area (Å²) in [4.78, 5) is 27.2. The van der Waals surface area contributed by atoms with Gasteiger partial charge in [0.15, 0.2) is 0 Å². The van der Waals surface area contributed by atoms with Crippen LogP contribution >= 0.6 is 0 Å². The molecular weight excluding hydrogens is 508 g/mol. The quantitative estimate of drug-likeness (QED) is 0.234. The van der Waals surface area contributed by atoms with E-state index in [2.05, 4.69) is 79.7 Å². The molecule has 0 radical (unpaired) electrons. The molecule has 2 aromatic rings. The molecule has 6 nitrogen and oxygen atoms in total. The third-order valence-electron chi connectivity index (χ3n) is 9.34. The number of rotatable bonds is 14. The average molecular weight is 563 g/mol. The topological polar surface area (TPSA) is 115 Å². The molecule has 2 aromatic carbocycles. The molecule has 226 valence electrons. The third-order valence-corrected chi connectivity index (χ3v) is 9.34. The van der Waals surface area contributed by atoms with Crippen molar-refractivity contribution in [2.45, 2.75) is 125 Å². The van der Waals surface area contributed by atoms with E-state index in [1.165, 1.54) is 44.5 Å². The van der Waals surface area contributed by atoms with Gasteiger partial charge < -0.3 is 22.1 Å². The molecule has 0 aliphatic heterocycles. The number of hydrogen-bond donors (Lipinski definition) is 3. The lowest BCUT2D eigenvalue weighted by molar-refractivity contribution is -0.139. The van der Waals surface area contributed by atoms with E-state index in [4.69, 9.17) is 17.2 Å². The highest BCUT2D eigenvalue weighted by molar-refractivity contribution is 5.92. The first-order valence-corrected chi connectivity index (χ1v) is 15.6. The minimum atomic E-state index is -0.519. The zero-order valence-corrected chi connectivity index (χ0v) is 26.7. The van der Waals surface area contributed by atoms with Gasteiger partial charge in [-0.05, 0) is 132 Å². The predicted molar refractivity (Wildman–Crippen MR) is 169 cm³/mol. The zero-order chi connectivity index (χ0) is 30.6. The number of carbonyl (C=O) groups is 2. The largest absolute Gasteiger partial charge is 0.369 e. The number of aryl methyl sites for hydroxylation is 6. The number of amides is 2. The molecule has 1 aliphatic rings. The molecular formula is C35H54N4O2. The molecule has 0 aromatic heterocycles. The molecule has 2 amide bonds. The van der Waals surface area contributed by atoms with Gasteiger partial charge in [-0.3, -0.25) is 9.59 Å². The van der Waals surface area contributed by atoms with Crippen LogP contribution in [0.3, 0.4) is 0 Å². The molecule has 1 aliphatic carbocycles. The third kappa shape index (κ3) is 7.78. The molecule has 0 bridgehead atoms. The van der Waals surface area contributed by atoms with Gasteiger partial charge in [-0.1, -0.05) is 49.2 Å². The Kier molecular flexibility index (Phi) is 11.2. The molecule has 0 saturated heterocycles. The van der Waals surface area contributed by atoms with Crippen molar-refractivity contribution in [1.29, 1.82) is 0 Å². The van der Waals surface area contributed by atoms with Crippen LogP contribution in [-0.2, 0) is 9.59 Å². The SMILES string of the molecule is CCC(CCC(N)N(C(=O)C1CC1C(N)=O)C(N)CCC(CC)c1c(C)cc(C)cc1C)c1c(C)cc(C)cc1C. The highest BCUT2D eigenvalue weighted by Crippen LogP contribution is 2.41. The smallest absolute Gasteiger partial charge is 0.228 e. The van der Waals surface area contributed by atoms with Gasteiger partial charge in [-0.25, -0.2) is 0 Å². The molecule has 1 saturated carbocycles. The highest BCUT2D eigenvalue weighted by atomic mass is 16.2. The minimum Gasteiger partial charge on any atom is -0.369 e. The van der Waals surface area contributed by atoms with Gasteiger partial charge >= 0.3 is 0 Å². The van der Waals surface area contributed by atoms with Crippen LogP contribution in [0.1, 0.15) is 115 Å². The summed E-state index contributed by atoms with van der Waals surface area (Å²) in [6, 6.07) is 8.98. The Hall–Kier alpha value is -2.70. The summed E-state index contributed by atoms with van der Waals surface area (Å²) in [5.74, 6) is -0.653. The molecule has 6 N–H and O–H groups in total. The monoisotopic (exact) mass is 562 g/mol. The van der Waals surface area contributed by atoms with Crippen molar-refractivity contribution >= 4 is 11.8 Å². The molecule has 6 unspecified atom stereocenters. The van der Waals surface area contributed by atoms with Gasteiger partial charge in [0.05, 0.1) is 24.2 Å². The van der Waals surface area contributed by atoms with Crippen LogP contribution in [0.4, 0.5) is 0 Å². The molecule has 6 heteroatoms. The zero-order valence-electron chi connectivity index (χ0n) is 26.7. The summed E-state index contributed by atoms with van der Waals surface area (Å²) in [5.41, 5.74) is 29.7. The standard InChI is InChI=1S/C35H54N4O2/c1-9-26(32-22(5)15-20(3)16-23(32)6)11-13-30(36)39(35(41)29-19-28(29)34(38)40)31(37)14-12-27(10-2)33-24(7)17-21(4)18-25(33)8/h15-18,26-31H,9-14,19,36-37H2,1-8H3,(H2,38,40). The lowest BCUT2D eigenvalue weighted by atomic mass is 9.84. The maximum absolute atomic E-state index is 13.7. The molecule has 41 heavy (non-hydrogen) atoms. The number of nitrogens with zero attached hydrogens (tertiary/aromatic N) is 1. The van der Waals surface area contributed by atoms with Crippen molar-refractivity contribution in [3.8, 4) is 0 Å². The first kappa shape index (κ1) is 32.8. The summed E-state index contributed by atoms with van der Waals surface area (Å²) in [6.45, 7) is 17.4. The van der Waals surface area contributed by atoms with Crippen molar-refractivity contribution in [1.82, 2.24) is 4.90 Å². The van der Waals surface area contributed by atoms with Crippen molar-refractivity contribution < 1.29 is 9.59 Å². The lowest BCUT2D eigenvalue weighted by Crippen LogP contribution is -2.56. The van der Waals surface area contributed by atoms with Crippen LogP contribution in [0, 0.1) is 53.4 Å². The average Bonchev–Trinajstić information content (AvgIpc) is 3.68. The fourth-order valence-electron chi connectivity index (χ4n) is 7.34. The van der Waals surface area contributed by atoms with E-state index in [9.17, 15) is 9.59 Å². The van der Waals surface area contributed by atoms with Gasteiger partial charge in [0.2, 0.25) is 11.8 Å². The Balaban J connectivity index is 1.79. The first-order chi connectivity index (χ1) is 19.3. The number of benzene rings is 2. The van der Waals surface area contributed by atoms with E-state index in [-0.39, 0.29) is 5.91 Å². The normalized spacial score (nSPS) is 19.4. The van der Waals surface area contributed by atoms with E-state index < -0.39 is 30.1 Å². The van der Waals surface area contributed by atoms with E-state index >= 15 is 0 Å². The van der Waals surface area contributed by atoms with Gasteiger partial charge in [0.25, 0.3) is 0 Å². The maximum Gasteiger partial charge on any atom is 0.228 e. The number of carbonyl (C=O) groups excluding carboxylic acids is 2. The van der Waals surface area contributed by atoms with Crippen molar-refractivity contribution in [2.24, 2.45) is 29.0 Å². The second-order valence-electron chi connectivity index (χ2n) is 12.7. The summed E-state index contributed by atoms with van der Waals surface area (Å²) in [5, 5.41) is 0.